The summed E-state index contributed by atoms with van der Waals surface area (Å²) < 4.78 is 10.7. The SMILES string of the molecule is Cc1ccc(CC(C)NCc2ccc3c(c2)OCO3)s1. The summed E-state index contributed by atoms with van der Waals surface area (Å²) in [6, 6.07) is 11.0. The zero-order valence-corrected chi connectivity index (χ0v) is 12.6. The number of hydrogen-bond donors (Lipinski definition) is 1. The van der Waals surface area contributed by atoms with Crippen LogP contribution in [0.1, 0.15) is 22.2 Å². The maximum Gasteiger partial charge on any atom is 0.231 e. The molecule has 0 bridgehead atoms. The molecule has 0 saturated heterocycles. The first-order valence-corrected chi connectivity index (χ1v) is 7.69. The minimum atomic E-state index is 0.334. The quantitative estimate of drug-likeness (QED) is 0.913. The first-order valence-electron chi connectivity index (χ1n) is 6.88. The summed E-state index contributed by atoms with van der Waals surface area (Å²) in [5, 5.41) is 3.56. The monoisotopic (exact) mass is 289 g/mol. The Morgan fingerprint density at radius 3 is 2.85 bits per heavy atom. The van der Waals surface area contributed by atoms with Crippen molar-refractivity contribution in [1.29, 1.82) is 0 Å². The lowest BCUT2D eigenvalue weighted by Gasteiger charge is -2.13. The van der Waals surface area contributed by atoms with Gasteiger partial charge in [0.1, 0.15) is 0 Å². The molecule has 1 aromatic heterocycles. The third kappa shape index (κ3) is 3.14. The van der Waals surface area contributed by atoms with Gasteiger partial charge in [0.15, 0.2) is 11.5 Å². The van der Waals surface area contributed by atoms with E-state index in [0.717, 1.165) is 24.5 Å². The predicted octanol–water partition coefficient (Wildman–Crippen LogP) is 3.51. The Balaban J connectivity index is 1.53. The summed E-state index contributed by atoms with van der Waals surface area (Å²) in [6.45, 7) is 5.56. The molecule has 1 unspecified atom stereocenters. The molecule has 2 heterocycles. The molecule has 0 saturated carbocycles. The van der Waals surface area contributed by atoms with Crippen molar-refractivity contribution in [2.45, 2.75) is 32.9 Å². The van der Waals surface area contributed by atoms with Crippen LogP contribution < -0.4 is 14.8 Å². The second-order valence-electron chi connectivity index (χ2n) is 5.19. The highest BCUT2D eigenvalue weighted by Crippen LogP contribution is 2.32. The van der Waals surface area contributed by atoms with Crippen LogP contribution in [0.5, 0.6) is 11.5 Å². The van der Waals surface area contributed by atoms with Gasteiger partial charge in [-0.05, 0) is 50.1 Å². The van der Waals surface area contributed by atoms with E-state index in [9.17, 15) is 0 Å². The minimum Gasteiger partial charge on any atom is -0.454 e. The maximum atomic E-state index is 5.40. The summed E-state index contributed by atoms with van der Waals surface area (Å²) >= 11 is 1.88. The van der Waals surface area contributed by atoms with Crippen molar-refractivity contribution < 1.29 is 9.47 Å². The second kappa shape index (κ2) is 5.85. The molecular formula is C16H19NO2S. The fraction of sp³-hybridized carbons (Fsp3) is 0.375. The summed E-state index contributed by atoms with van der Waals surface area (Å²) in [6.07, 6.45) is 1.07. The van der Waals surface area contributed by atoms with E-state index in [2.05, 4.69) is 43.4 Å². The number of hydrogen-bond acceptors (Lipinski definition) is 4. The molecule has 1 atom stereocenters. The van der Waals surface area contributed by atoms with Gasteiger partial charge in [0.25, 0.3) is 0 Å². The molecule has 4 heteroatoms. The Morgan fingerprint density at radius 1 is 1.20 bits per heavy atom. The molecule has 0 spiro atoms. The van der Waals surface area contributed by atoms with Crippen LogP contribution in [0.3, 0.4) is 0 Å². The van der Waals surface area contributed by atoms with Crippen molar-refractivity contribution >= 4 is 11.3 Å². The first kappa shape index (κ1) is 13.5. The Kier molecular flexibility index (Phi) is 3.94. The molecule has 0 aliphatic carbocycles. The highest BCUT2D eigenvalue weighted by Gasteiger charge is 2.13. The fourth-order valence-electron chi connectivity index (χ4n) is 2.31. The molecule has 1 aliphatic heterocycles. The van der Waals surface area contributed by atoms with Crippen molar-refractivity contribution in [2.75, 3.05) is 6.79 Å². The predicted molar refractivity (Wildman–Crippen MR) is 81.6 cm³/mol. The third-order valence-corrected chi connectivity index (χ3v) is 4.42. The maximum absolute atomic E-state index is 5.40. The number of rotatable bonds is 5. The normalized spacial score (nSPS) is 14.5. The lowest BCUT2D eigenvalue weighted by molar-refractivity contribution is 0.174. The third-order valence-electron chi connectivity index (χ3n) is 3.40. The van der Waals surface area contributed by atoms with Crippen LogP contribution in [-0.4, -0.2) is 12.8 Å². The number of aryl methyl sites for hydroxylation is 1. The number of thiophene rings is 1. The standard InChI is InChI=1S/C16H19NO2S/c1-11(7-14-5-3-12(2)20-14)17-9-13-4-6-15-16(8-13)19-10-18-15/h3-6,8,11,17H,7,9-10H2,1-2H3. The van der Waals surface area contributed by atoms with Crippen molar-refractivity contribution in [2.24, 2.45) is 0 Å². The molecule has 3 nitrogen and oxygen atoms in total. The van der Waals surface area contributed by atoms with Crippen LogP contribution in [0.2, 0.25) is 0 Å². The van der Waals surface area contributed by atoms with E-state index in [1.165, 1.54) is 15.3 Å². The van der Waals surface area contributed by atoms with Crippen molar-refractivity contribution in [3.63, 3.8) is 0 Å². The first-order chi connectivity index (χ1) is 9.70. The molecule has 2 aromatic rings. The molecule has 0 radical (unpaired) electrons. The van der Waals surface area contributed by atoms with Gasteiger partial charge in [0, 0.05) is 22.3 Å². The average Bonchev–Trinajstić information content (AvgIpc) is 3.04. The van der Waals surface area contributed by atoms with E-state index < -0.39 is 0 Å². The Hall–Kier alpha value is -1.52. The van der Waals surface area contributed by atoms with Crippen LogP contribution in [0, 0.1) is 6.92 Å². The molecular weight excluding hydrogens is 270 g/mol. The van der Waals surface area contributed by atoms with Crippen LogP contribution in [0.4, 0.5) is 0 Å². The van der Waals surface area contributed by atoms with E-state index in [1.807, 2.05) is 17.4 Å². The molecule has 20 heavy (non-hydrogen) atoms. The van der Waals surface area contributed by atoms with Crippen LogP contribution >= 0.6 is 11.3 Å². The van der Waals surface area contributed by atoms with Gasteiger partial charge in [0.2, 0.25) is 6.79 Å². The highest BCUT2D eigenvalue weighted by molar-refractivity contribution is 7.11. The summed E-state index contributed by atoms with van der Waals surface area (Å²) in [5.41, 5.74) is 1.23. The largest absolute Gasteiger partial charge is 0.454 e. The summed E-state index contributed by atoms with van der Waals surface area (Å²) in [7, 11) is 0. The topological polar surface area (TPSA) is 30.5 Å². The van der Waals surface area contributed by atoms with Gasteiger partial charge in [-0.25, -0.2) is 0 Å². The average molecular weight is 289 g/mol. The summed E-state index contributed by atoms with van der Waals surface area (Å²) in [5.74, 6) is 1.70. The zero-order chi connectivity index (χ0) is 13.9. The fourth-order valence-corrected chi connectivity index (χ4v) is 3.33. The number of nitrogens with one attached hydrogen (secondary N) is 1. The molecule has 0 amide bonds. The Labute approximate surface area is 123 Å². The van der Waals surface area contributed by atoms with Crippen molar-refractivity contribution in [3.05, 3.63) is 45.6 Å². The Morgan fingerprint density at radius 2 is 2.05 bits per heavy atom. The highest BCUT2D eigenvalue weighted by atomic mass is 32.1. The lowest BCUT2D eigenvalue weighted by atomic mass is 10.1. The van der Waals surface area contributed by atoms with Gasteiger partial charge in [0.05, 0.1) is 0 Å². The summed E-state index contributed by atoms with van der Waals surface area (Å²) in [4.78, 5) is 2.82. The molecule has 1 N–H and O–H groups in total. The van der Waals surface area contributed by atoms with E-state index in [1.54, 1.807) is 0 Å². The molecule has 0 fully saturated rings. The lowest BCUT2D eigenvalue weighted by Crippen LogP contribution is -2.27. The second-order valence-corrected chi connectivity index (χ2v) is 6.56. The van der Waals surface area contributed by atoms with Crippen molar-refractivity contribution in [3.8, 4) is 11.5 Å². The zero-order valence-electron chi connectivity index (χ0n) is 11.8. The van der Waals surface area contributed by atoms with E-state index >= 15 is 0 Å². The van der Waals surface area contributed by atoms with E-state index in [4.69, 9.17) is 9.47 Å². The van der Waals surface area contributed by atoms with Gasteiger partial charge < -0.3 is 14.8 Å². The smallest absolute Gasteiger partial charge is 0.231 e. The van der Waals surface area contributed by atoms with Crippen molar-refractivity contribution in [1.82, 2.24) is 5.32 Å². The van der Waals surface area contributed by atoms with Crippen LogP contribution in [0.25, 0.3) is 0 Å². The Bertz CT molecular complexity index is 594. The van der Waals surface area contributed by atoms with Gasteiger partial charge in [-0.2, -0.15) is 0 Å². The molecule has 1 aliphatic rings. The molecule has 3 rings (SSSR count). The van der Waals surface area contributed by atoms with Gasteiger partial charge in [-0.15, -0.1) is 11.3 Å². The van der Waals surface area contributed by atoms with Gasteiger partial charge in [-0.1, -0.05) is 6.07 Å². The van der Waals surface area contributed by atoms with Gasteiger partial charge >= 0.3 is 0 Å². The van der Waals surface area contributed by atoms with Gasteiger partial charge in [-0.3, -0.25) is 0 Å². The number of ether oxygens (including phenoxy) is 2. The van der Waals surface area contributed by atoms with Crippen LogP contribution in [-0.2, 0) is 13.0 Å². The van der Waals surface area contributed by atoms with E-state index in [-0.39, 0.29) is 0 Å². The van der Waals surface area contributed by atoms with Crippen LogP contribution in [0.15, 0.2) is 30.3 Å². The molecule has 1 aromatic carbocycles. The minimum absolute atomic E-state index is 0.334. The number of benzene rings is 1. The van der Waals surface area contributed by atoms with E-state index in [0.29, 0.717) is 12.8 Å². The number of fused-ring (bicyclic) bond motifs is 1. The molecule has 106 valence electrons.